The fraction of sp³-hybridized carbons (Fsp3) is 0.609. The highest BCUT2D eigenvalue weighted by atomic mass is 127. The maximum Gasteiger partial charge on any atom is 0.191 e. The molecule has 1 saturated heterocycles. The average Bonchev–Trinajstić information content (AvgIpc) is 3.30. The van der Waals surface area contributed by atoms with Crippen molar-refractivity contribution in [2.24, 2.45) is 10.9 Å². The van der Waals surface area contributed by atoms with Crippen LogP contribution in [0, 0.1) is 5.92 Å². The lowest BCUT2D eigenvalue weighted by Crippen LogP contribution is -2.38. The van der Waals surface area contributed by atoms with Gasteiger partial charge in [-0.05, 0) is 49.8 Å². The van der Waals surface area contributed by atoms with Crippen molar-refractivity contribution in [1.82, 2.24) is 10.6 Å². The van der Waals surface area contributed by atoms with Crippen molar-refractivity contribution in [2.45, 2.75) is 32.7 Å². The molecule has 168 valence electrons. The summed E-state index contributed by atoms with van der Waals surface area (Å²) in [6.07, 6.45) is 7.66. The van der Waals surface area contributed by atoms with Crippen molar-refractivity contribution in [3.05, 3.63) is 42.0 Å². The first-order valence-corrected chi connectivity index (χ1v) is 11.0. The van der Waals surface area contributed by atoms with Gasteiger partial charge in [0.1, 0.15) is 0 Å². The summed E-state index contributed by atoms with van der Waals surface area (Å²) in [5.41, 5.74) is 2.49. The van der Waals surface area contributed by atoms with Crippen LogP contribution in [-0.4, -0.2) is 58.6 Å². The van der Waals surface area contributed by atoms with Crippen LogP contribution >= 0.6 is 24.0 Å². The summed E-state index contributed by atoms with van der Waals surface area (Å²) in [7, 11) is 0. The highest BCUT2D eigenvalue weighted by Crippen LogP contribution is 2.19. The molecule has 2 aliphatic rings. The van der Waals surface area contributed by atoms with E-state index >= 15 is 0 Å². The van der Waals surface area contributed by atoms with Gasteiger partial charge in [0.05, 0.1) is 6.54 Å². The van der Waals surface area contributed by atoms with Gasteiger partial charge in [0.25, 0.3) is 0 Å². The molecule has 0 unspecified atom stereocenters. The minimum absolute atomic E-state index is 0. The molecular weight excluding hydrogens is 491 g/mol. The number of nitrogens with zero attached hydrogens (tertiary/aromatic N) is 2. The maximum absolute atomic E-state index is 5.84. The van der Waals surface area contributed by atoms with Gasteiger partial charge in [-0.1, -0.05) is 24.3 Å². The number of aliphatic imine (C=N–C) groups is 1. The van der Waals surface area contributed by atoms with E-state index in [2.05, 4.69) is 58.9 Å². The minimum atomic E-state index is 0. The molecule has 2 aliphatic heterocycles. The number of benzene rings is 1. The van der Waals surface area contributed by atoms with Gasteiger partial charge in [-0.25, -0.2) is 4.99 Å². The predicted octanol–water partition coefficient (Wildman–Crippen LogP) is 3.57. The molecule has 2 N–H and O–H groups in total. The fourth-order valence-corrected chi connectivity index (χ4v) is 3.60. The van der Waals surface area contributed by atoms with Crippen LogP contribution in [0.25, 0.3) is 0 Å². The second-order valence-electron chi connectivity index (χ2n) is 7.65. The number of rotatable bonds is 10. The molecule has 3 rings (SSSR count). The number of halogens is 1. The van der Waals surface area contributed by atoms with E-state index < -0.39 is 0 Å². The molecule has 0 aromatic heterocycles. The number of ether oxygens (including phenoxy) is 2. The van der Waals surface area contributed by atoms with E-state index in [1.807, 2.05) is 0 Å². The third-order valence-electron chi connectivity index (χ3n) is 5.31. The summed E-state index contributed by atoms with van der Waals surface area (Å²) in [4.78, 5) is 7.11. The molecule has 0 bridgehead atoms. The number of nitrogens with one attached hydrogen (secondary N) is 2. The van der Waals surface area contributed by atoms with E-state index in [9.17, 15) is 0 Å². The molecule has 0 amide bonds. The zero-order chi connectivity index (χ0) is 20.2. The molecule has 1 aromatic carbocycles. The Morgan fingerprint density at radius 3 is 2.77 bits per heavy atom. The molecule has 30 heavy (non-hydrogen) atoms. The van der Waals surface area contributed by atoms with E-state index in [-0.39, 0.29) is 24.0 Å². The standard InChI is InChI=1S/C23H36N4O2.HI/c1-2-24-23(25-11-6-14-29-19-20-9-15-28-16-10-20)26-18-21-7-5-8-22(17-21)27-12-3-4-13-27;/h3-5,7-8,17,20H,2,6,9-16,18-19H2,1H3,(H2,24,25,26);1H. The quantitative estimate of drug-likeness (QED) is 0.160. The second kappa shape index (κ2) is 14.6. The average molecular weight is 528 g/mol. The minimum Gasteiger partial charge on any atom is -0.381 e. The Morgan fingerprint density at radius 2 is 2.00 bits per heavy atom. The Labute approximate surface area is 198 Å². The monoisotopic (exact) mass is 528 g/mol. The van der Waals surface area contributed by atoms with E-state index in [1.54, 1.807) is 0 Å². The molecule has 0 aliphatic carbocycles. The predicted molar refractivity (Wildman–Crippen MR) is 135 cm³/mol. The summed E-state index contributed by atoms with van der Waals surface area (Å²) in [6, 6.07) is 8.67. The van der Waals surface area contributed by atoms with Gasteiger partial charge >= 0.3 is 0 Å². The largest absolute Gasteiger partial charge is 0.381 e. The SMILES string of the molecule is CCNC(=NCc1cccc(N2CC=CC2)c1)NCCCOCC1CCOCC1.I. The van der Waals surface area contributed by atoms with Crippen molar-refractivity contribution in [3.63, 3.8) is 0 Å². The Balaban J connectivity index is 0.00000320. The van der Waals surface area contributed by atoms with Crippen molar-refractivity contribution >= 4 is 35.6 Å². The van der Waals surface area contributed by atoms with Crippen LogP contribution in [0.2, 0.25) is 0 Å². The summed E-state index contributed by atoms with van der Waals surface area (Å²) in [5.74, 6) is 1.54. The van der Waals surface area contributed by atoms with Crippen LogP contribution in [0.4, 0.5) is 5.69 Å². The number of guanidine groups is 1. The van der Waals surface area contributed by atoms with E-state index in [4.69, 9.17) is 14.5 Å². The lowest BCUT2D eigenvalue weighted by molar-refractivity contribution is 0.0203. The normalized spacial score (nSPS) is 17.1. The first-order chi connectivity index (χ1) is 14.3. The number of anilines is 1. The molecule has 1 fully saturated rings. The molecule has 0 atom stereocenters. The molecule has 0 saturated carbocycles. The lowest BCUT2D eigenvalue weighted by atomic mass is 10.0. The van der Waals surface area contributed by atoms with E-state index in [0.29, 0.717) is 12.5 Å². The summed E-state index contributed by atoms with van der Waals surface area (Å²) >= 11 is 0. The van der Waals surface area contributed by atoms with Crippen molar-refractivity contribution in [1.29, 1.82) is 0 Å². The Hall–Kier alpha value is -1.32. The number of hydrogen-bond acceptors (Lipinski definition) is 4. The first kappa shape index (κ1) is 24.9. The summed E-state index contributed by atoms with van der Waals surface area (Å²) in [6.45, 7) is 9.88. The van der Waals surface area contributed by atoms with Gasteiger partial charge < -0.3 is 25.0 Å². The van der Waals surface area contributed by atoms with Gasteiger partial charge in [-0.15, -0.1) is 24.0 Å². The number of hydrogen-bond donors (Lipinski definition) is 2. The van der Waals surface area contributed by atoms with Gasteiger partial charge in [0.15, 0.2) is 5.96 Å². The summed E-state index contributed by atoms with van der Waals surface area (Å²) in [5, 5.41) is 6.75. The van der Waals surface area contributed by atoms with Crippen LogP contribution in [0.15, 0.2) is 41.4 Å². The van der Waals surface area contributed by atoms with E-state index in [0.717, 1.165) is 77.8 Å². The van der Waals surface area contributed by atoms with Gasteiger partial charge in [-0.2, -0.15) is 0 Å². The van der Waals surface area contributed by atoms with Crippen LogP contribution < -0.4 is 15.5 Å². The van der Waals surface area contributed by atoms with Crippen LogP contribution in [0.1, 0.15) is 31.7 Å². The first-order valence-electron chi connectivity index (χ1n) is 11.0. The van der Waals surface area contributed by atoms with Crippen molar-refractivity contribution in [3.8, 4) is 0 Å². The highest BCUT2D eigenvalue weighted by Gasteiger charge is 2.13. The Bertz CT molecular complexity index is 654. The molecule has 6 nitrogen and oxygen atoms in total. The molecular formula is C23H37IN4O2. The Kier molecular flexibility index (Phi) is 12.2. The van der Waals surface area contributed by atoms with Crippen LogP contribution in [-0.2, 0) is 16.0 Å². The molecule has 0 spiro atoms. The molecule has 1 aromatic rings. The highest BCUT2D eigenvalue weighted by molar-refractivity contribution is 14.0. The maximum atomic E-state index is 5.84. The second-order valence-corrected chi connectivity index (χ2v) is 7.65. The topological polar surface area (TPSA) is 58.1 Å². The third kappa shape index (κ3) is 8.81. The molecule has 0 radical (unpaired) electrons. The Morgan fingerprint density at radius 1 is 1.20 bits per heavy atom. The van der Waals surface area contributed by atoms with Gasteiger partial charge in [0, 0.05) is 58.3 Å². The van der Waals surface area contributed by atoms with Crippen molar-refractivity contribution in [2.75, 3.05) is 57.5 Å². The van der Waals surface area contributed by atoms with Crippen molar-refractivity contribution < 1.29 is 9.47 Å². The van der Waals surface area contributed by atoms with Crippen LogP contribution in [0.5, 0.6) is 0 Å². The lowest BCUT2D eigenvalue weighted by Gasteiger charge is -2.21. The zero-order valence-corrected chi connectivity index (χ0v) is 20.5. The van der Waals surface area contributed by atoms with Gasteiger partial charge in [0.2, 0.25) is 0 Å². The van der Waals surface area contributed by atoms with E-state index in [1.165, 1.54) is 11.3 Å². The molecule has 7 heteroatoms. The molecule has 2 heterocycles. The third-order valence-corrected chi connectivity index (χ3v) is 5.31. The van der Waals surface area contributed by atoms with Crippen LogP contribution in [0.3, 0.4) is 0 Å². The zero-order valence-electron chi connectivity index (χ0n) is 18.1. The fourth-order valence-electron chi connectivity index (χ4n) is 3.60. The smallest absolute Gasteiger partial charge is 0.191 e. The van der Waals surface area contributed by atoms with Gasteiger partial charge in [-0.3, -0.25) is 0 Å². The summed E-state index contributed by atoms with van der Waals surface area (Å²) < 4.78 is 11.2.